The summed E-state index contributed by atoms with van der Waals surface area (Å²) in [7, 11) is 0. The highest BCUT2D eigenvalue weighted by Crippen LogP contribution is 2.30. The minimum absolute atomic E-state index is 0.173. The van der Waals surface area contributed by atoms with Crippen molar-refractivity contribution in [2.24, 2.45) is 0 Å². The first-order valence-corrected chi connectivity index (χ1v) is 8.46. The normalized spacial score (nSPS) is 21.6. The molecule has 1 saturated heterocycles. The van der Waals surface area contributed by atoms with Gasteiger partial charge in [0.2, 0.25) is 0 Å². The maximum absolute atomic E-state index is 13.7. The van der Waals surface area contributed by atoms with E-state index < -0.39 is 0 Å². The van der Waals surface area contributed by atoms with Crippen molar-refractivity contribution in [3.05, 3.63) is 21.5 Å². The number of benzene rings is 1. The van der Waals surface area contributed by atoms with Crippen molar-refractivity contribution in [2.45, 2.75) is 31.7 Å². The van der Waals surface area contributed by atoms with E-state index in [0.29, 0.717) is 9.26 Å². The summed E-state index contributed by atoms with van der Waals surface area (Å²) in [6.45, 7) is 4.02. The van der Waals surface area contributed by atoms with E-state index in [9.17, 15) is 4.39 Å². The van der Waals surface area contributed by atoms with Crippen molar-refractivity contribution in [2.75, 3.05) is 36.8 Å². The molecule has 0 bridgehead atoms. The van der Waals surface area contributed by atoms with E-state index in [1.165, 1.54) is 25.7 Å². The van der Waals surface area contributed by atoms with Gasteiger partial charge < -0.3 is 10.6 Å². The molecule has 1 aromatic carbocycles. The molecule has 3 rings (SSSR count). The molecule has 1 heterocycles. The second-order valence-electron chi connectivity index (χ2n) is 5.79. The molecule has 0 spiro atoms. The molecule has 1 aromatic rings. The Bertz CT molecular complexity index is 480. The number of hydrogen-bond acceptors (Lipinski definition) is 3. The van der Waals surface area contributed by atoms with Gasteiger partial charge in [-0.3, -0.25) is 4.90 Å². The number of piperazine rings is 1. The molecule has 0 amide bonds. The van der Waals surface area contributed by atoms with Gasteiger partial charge in [0.05, 0.1) is 14.9 Å². The largest absolute Gasteiger partial charge is 0.397 e. The minimum atomic E-state index is -0.173. The van der Waals surface area contributed by atoms with Gasteiger partial charge in [0.25, 0.3) is 0 Å². The van der Waals surface area contributed by atoms with E-state index in [0.717, 1.165) is 37.9 Å². The molecule has 20 heavy (non-hydrogen) atoms. The molecule has 2 aliphatic rings. The molecule has 110 valence electrons. The average Bonchev–Trinajstić information content (AvgIpc) is 2.97. The van der Waals surface area contributed by atoms with Crippen LogP contribution in [0.2, 0.25) is 0 Å². The predicted octanol–water partition coefficient (Wildman–Crippen LogP) is 3.08. The van der Waals surface area contributed by atoms with Gasteiger partial charge in [0.1, 0.15) is 5.82 Å². The lowest BCUT2D eigenvalue weighted by molar-refractivity contribution is 0.187. The number of halogens is 2. The number of nitrogens with two attached hydrogens (primary N) is 1. The standard InChI is InChI=1S/C15H21FIN3/c16-12-9-15(14(18)10-13(12)17)20-7-5-19(6-8-20)11-3-1-2-4-11/h9-11H,1-8,18H2. The van der Waals surface area contributed by atoms with Gasteiger partial charge in [0.15, 0.2) is 0 Å². The first-order valence-electron chi connectivity index (χ1n) is 7.38. The zero-order valence-corrected chi connectivity index (χ0v) is 13.8. The van der Waals surface area contributed by atoms with Crippen LogP contribution in [0.1, 0.15) is 25.7 Å². The summed E-state index contributed by atoms with van der Waals surface area (Å²) >= 11 is 1.98. The zero-order chi connectivity index (χ0) is 14.1. The highest BCUT2D eigenvalue weighted by molar-refractivity contribution is 14.1. The summed E-state index contributed by atoms with van der Waals surface area (Å²) in [4.78, 5) is 4.82. The predicted molar refractivity (Wildman–Crippen MR) is 89.6 cm³/mol. The molecular formula is C15H21FIN3. The molecule has 0 aromatic heterocycles. The second-order valence-corrected chi connectivity index (χ2v) is 6.95. The van der Waals surface area contributed by atoms with Crippen LogP contribution in [-0.4, -0.2) is 37.1 Å². The molecule has 3 nitrogen and oxygen atoms in total. The molecule has 0 unspecified atom stereocenters. The molecule has 0 radical (unpaired) electrons. The fraction of sp³-hybridized carbons (Fsp3) is 0.600. The van der Waals surface area contributed by atoms with E-state index in [2.05, 4.69) is 9.80 Å². The quantitative estimate of drug-likeness (QED) is 0.624. The van der Waals surface area contributed by atoms with E-state index in [1.54, 1.807) is 12.1 Å². The van der Waals surface area contributed by atoms with Crippen LogP contribution < -0.4 is 10.6 Å². The first-order chi connectivity index (χ1) is 9.65. The Kier molecular flexibility index (Phi) is 4.35. The SMILES string of the molecule is Nc1cc(I)c(F)cc1N1CCN(C2CCCC2)CC1. The number of nitrogens with zero attached hydrogens (tertiary/aromatic N) is 2. The van der Waals surface area contributed by atoms with E-state index in [1.807, 2.05) is 22.6 Å². The highest BCUT2D eigenvalue weighted by Gasteiger charge is 2.26. The van der Waals surface area contributed by atoms with Gasteiger partial charge in [-0.25, -0.2) is 4.39 Å². The first kappa shape index (κ1) is 14.4. The Morgan fingerprint density at radius 3 is 2.40 bits per heavy atom. The summed E-state index contributed by atoms with van der Waals surface area (Å²) < 4.78 is 14.3. The van der Waals surface area contributed by atoms with Crippen molar-refractivity contribution in [1.29, 1.82) is 0 Å². The smallest absolute Gasteiger partial charge is 0.138 e. The lowest BCUT2D eigenvalue weighted by Gasteiger charge is -2.39. The summed E-state index contributed by atoms with van der Waals surface area (Å²) in [5.41, 5.74) is 7.59. The van der Waals surface area contributed by atoms with Gasteiger partial charge in [-0.1, -0.05) is 12.8 Å². The summed E-state index contributed by atoms with van der Waals surface area (Å²) in [5.74, 6) is -0.173. The lowest BCUT2D eigenvalue weighted by atomic mass is 10.1. The maximum Gasteiger partial charge on any atom is 0.138 e. The van der Waals surface area contributed by atoms with Crippen molar-refractivity contribution >= 4 is 34.0 Å². The monoisotopic (exact) mass is 389 g/mol. The third-order valence-electron chi connectivity index (χ3n) is 4.57. The van der Waals surface area contributed by atoms with Crippen LogP contribution in [0.15, 0.2) is 12.1 Å². The van der Waals surface area contributed by atoms with Crippen molar-refractivity contribution in [3.63, 3.8) is 0 Å². The van der Waals surface area contributed by atoms with Crippen LogP contribution in [0.4, 0.5) is 15.8 Å². The Balaban J connectivity index is 1.67. The van der Waals surface area contributed by atoms with Gasteiger partial charge in [0, 0.05) is 38.3 Å². The number of nitrogen functional groups attached to an aromatic ring is 1. The Hall–Kier alpha value is -0.560. The molecule has 2 N–H and O–H groups in total. The highest BCUT2D eigenvalue weighted by atomic mass is 127. The zero-order valence-electron chi connectivity index (χ0n) is 11.6. The van der Waals surface area contributed by atoms with Gasteiger partial charge in [-0.15, -0.1) is 0 Å². The van der Waals surface area contributed by atoms with Crippen LogP contribution >= 0.6 is 22.6 Å². The number of anilines is 2. The Morgan fingerprint density at radius 1 is 1.10 bits per heavy atom. The van der Waals surface area contributed by atoms with Crippen LogP contribution in [0, 0.1) is 9.39 Å². The summed E-state index contributed by atoms with van der Waals surface area (Å²) in [5, 5.41) is 0. The van der Waals surface area contributed by atoms with E-state index in [4.69, 9.17) is 5.73 Å². The van der Waals surface area contributed by atoms with Gasteiger partial charge in [-0.05, 0) is 41.5 Å². The van der Waals surface area contributed by atoms with Gasteiger partial charge >= 0.3 is 0 Å². The van der Waals surface area contributed by atoms with Crippen molar-refractivity contribution in [3.8, 4) is 0 Å². The minimum Gasteiger partial charge on any atom is -0.397 e. The second kappa shape index (κ2) is 6.05. The van der Waals surface area contributed by atoms with E-state index in [-0.39, 0.29) is 5.82 Å². The molecule has 2 fully saturated rings. The van der Waals surface area contributed by atoms with Crippen LogP contribution in [0.25, 0.3) is 0 Å². The molecule has 0 atom stereocenters. The molecule has 1 saturated carbocycles. The van der Waals surface area contributed by atoms with Crippen molar-refractivity contribution in [1.82, 2.24) is 4.90 Å². The molecule has 1 aliphatic carbocycles. The van der Waals surface area contributed by atoms with Crippen molar-refractivity contribution < 1.29 is 4.39 Å². The number of hydrogen-bond donors (Lipinski definition) is 1. The Morgan fingerprint density at radius 2 is 1.75 bits per heavy atom. The lowest BCUT2D eigenvalue weighted by Crippen LogP contribution is -2.49. The number of rotatable bonds is 2. The van der Waals surface area contributed by atoms with Crippen LogP contribution in [-0.2, 0) is 0 Å². The average molecular weight is 389 g/mol. The fourth-order valence-corrected chi connectivity index (χ4v) is 3.91. The third kappa shape index (κ3) is 2.88. The van der Waals surface area contributed by atoms with Crippen LogP contribution in [0.5, 0.6) is 0 Å². The third-order valence-corrected chi connectivity index (χ3v) is 5.39. The molecule has 5 heteroatoms. The summed E-state index contributed by atoms with van der Waals surface area (Å²) in [6, 6.07) is 4.10. The topological polar surface area (TPSA) is 32.5 Å². The van der Waals surface area contributed by atoms with E-state index >= 15 is 0 Å². The Labute approximate surface area is 133 Å². The molecular weight excluding hydrogens is 368 g/mol. The van der Waals surface area contributed by atoms with Gasteiger partial charge in [-0.2, -0.15) is 0 Å². The maximum atomic E-state index is 13.7. The fourth-order valence-electron chi connectivity index (χ4n) is 3.42. The molecule has 1 aliphatic heterocycles. The summed E-state index contributed by atoms with van der Waals surface area (Å²) in [6.07, 6.45) is 5.45. The van der Waals surface area contributed by atoms with Crippen LogP contribution in [0.3, 0.4) is 0 Å².